The molecule has 0 bridgehead atoms. The molecular weight excluding hydrogens is 320 g/mol. The lowest BCUT2D eigenvalue weighted by Crippen LogP contribution is -2.40. The highest BCUT2D eigenvalue weighted by atomic mass is 32.2. The molecule has 132 valence electrons. The minimum atomic E-state index is 0.480. The number of amidine groups is 1. The van der Waals surface area contributed by atoms with Crippen LogP contribution in [0.4, 0.5) is 0 Å². The molecule has 0 unspecified atom stereocenters. The second kappa shape index (κ2) is 10.3. The fraction of sp³-hybridized carbons (Fsp3) is 0.444. The van der Waals surface area contributed by atoms with Crippen LogP contribution in [0.3, 0.4) is 0 Å². The number of hydrogen-bond donors (Lipinski definition) is 2. The molecule has 0 atom stereocenters. The highest BCUT2D eigenvalue weighted by Crippen LogP contribution is 2.28. The Labute approximate surface area is 149 Å². The molecule has 0 aromatic rings. The lowest BCUT2D eigenvalue weighted by molar-refractivity contribution is -0.0658. The van der Waals surface area contributed by atoms with Crippen molar-refractivity contribution in [3.8, 4) is 0 Å². The number of rotatable bonds is 9. The van der Waals surface area contributed by atoms with Gasteiger partial charge in [0.15, 0.2) is 0 Å². The van der Waals surface area contributed by atoms with Crippen LogP contribution in [0.15, 0.2) is 51.4 Å². The highest BCUT2D eigenvalue weighted by molar-refractivity contribution is 8.06. The number of hydroxylamine groups is 2. The molecule has 1 heterocycles. The number of allylic oxidation sites excluding steroid dienone is 4. The molecule has 0 fully saturated rings. The molecule has 5 nitrogen and oxygen atoms in total. The zero-order valence-corrected chi connectivity index (χ0v) is 15.9. The molecule has 1 aliphatic heterocycles. The number of hydrogen-bond acceptors (Lipinski definition) is 6. The number of aliphatic imine (C=N–C) groups is 1. The summed E-state index contributed by atoms with van der Waals surface area (Å²) in [5.74, 6) is 0.828. The first-order chi connectivity index (χ1) is 11.5. The van der Waals surface area contributed by atoms with Crippen molar-refractivity contribution in [2.24, 2.45) is 4.99 Å². The van der Waals surface area contributed by atoms with Gasteiger partial charge in [-0.1, -0.05) is 37.4 Å². The molecule has 1 aliphatic rings. The maximum Gasteiger partial charge on any atom is 0.141 e. The fourth-order valence-electron chi connectivity index (χ4n) is 2.46. The Balaban J connectivity index is 3.19. The second-order valence-corrected chi connectivity index (χ2v) is 6.38. The quantitative estimate of drug-likeness (QED) is 0.487. The maximum atomic E-state index is 9.53. The van der Waals surface area contributed by atoms with Gasteiger partial charge in [0.2, 0.25) is 0 Å². The Morgan fingerprint density at radius 3 is 2.71 bits per heavy atom. The average Bonchev–Trinajstić information content (AvgIpc) is 2.56. The Kier molecular flexibility index (Phi) is 8.74. The van der Waals surface area contributed by atoms with E-state index in [0.29, 0.717) is 25.3 Å². The molecule has 0 saturated heterocycles. The number of thioether (sulfide) groups is 1. The SMILES string of the molecule is C=C(S/C=C\C)C1=NCC(C(=N)/C=C\C)=C(CC)N1CCN(C)O. The van der Waals surface area contributed by atoms with Crippen molar-refractivity contribution in [3.05, 3.63) is 46.4 Å². The minimum Gasteiger partial charge on any atom is -0.328 e. The summed E-state index contributed by atoms with van der Waals surface area (Å²) >= 11 is 1.54. The summed E-state index contributed by atoms with van der Waals surface area (Å²) in [5.41, 5.74) is 2.50. The van der Waals surface area contributed by atoms with Gasteiger partial charge in [-0.25, -0.2) is 0 Å². The van der Waals surface area contributed by atoms with Crippen molar-refractivity contribution in [3.63, 3.8) is 0 Å². The molecule has 24 heavy (non-hydrogen) atoms. The van der Waals surface area contributed by atoms with Crippen LogP contribution in [-0.4, -0.2) is 53.4 Å². The van der Waals surface area contributed by atoms with E-state index in [9.17, 15) is 5.21 Å². The van der Waals surface area contributed by atoms with Crippen molar-refractivity contribution in [2.75, 3.05) is 26.7 Å². The fourth-order valence-corrected chi connectivity index (χ4v) is 3.04. The third kappa shape index (κ3) is 5.47. The minimum absolute atomic E-state index is 0.480. The summed E-state index contributed by atoms with van der Waals surface area (Å²) < 4.78 is 0. The Morgan fingerprint density at radius 2 is 2.17 bits per heavy atom. The van der Waals surface area contributed by atoms with E-state index < -0.39 is 0 Å². The van der Waals surface area contributed by atoms with Gasteiger partial charge in [-0.2, -0.15) is 5.06 Å². The van der Waals surface area contributed by atoms with E-state index in [-0.39, 0.29) is 0 Å². The molecule has 0 saturated carbocycles. The van der Waals surface area contributed by atoms with Gasteiger partial charge in [0.05, 0.1) is 12.3 Å². The molecule has 0 aliphatic carbocycles. The molecule has 1 rings (SSSR count). The Bertz CT molecular complexity index is 588. The maximum absolute atomic E-state index is 9.53. The van der Waals surface area contributed by atoms with Crippen LogP contribution in [-0.2, 0) is 0 Å². The zero-order valence-electron chi connectivity index (χ0n) is 15.0. The molecular formula is C18H28N4OS. The number of likely N-dealkylation sites (N-methyl/N-ethyl adjacent to an activating group) is 1. The number of nitrogens with one attached hydrogen (secondary N) is 1. The van der Waals surface area contributed by atoms with Gasteiger partial charge in [-0.05, 0) is 31.8 Å². The predicted molar refractivity (Wildman–Crippen MR) is 105 cm³/mol. The van der Waals surface area contributed by atoms with E-state index in [1.807, 2.05) is 31.4 Å². The number of nitrogens with zero attached hydrogens (tertiary/aromatic N) is 3. The van der Waals surface area contributed by atoms with Gasteiger partial charge in [0.1, 0.15) is 5.84 Å². The molecule has 6 heteroatoms. The lowest BCUT2D eigenvalue weighted by atomic mass is 10.0. The van der Waals surface area contributed by atoms with E-state index >= 15 is 0 Å². The van der Waals surface area contributed by atoms with Crippen molar-refractivity contribution >= 4 is 23.3 Å². The monoisotopic (exact) mass is 348 g/mol. The molecule has 0 aromatic carbocycles. The predicted octanol–water partition coefficient (Wildman–Crippen LogP) is 4.06. The summed E-state index contributed by atoms with van der Waals surface area (Å²) in [6.07, 6.45) is 6.43. The molecule has 0 spiro atoms. The van der Waals surface area contributed by atoms with Crippen LogP contribution in [0.25, 0.3) is 0 Å². The van der Waals surface area contributed by atoms with Gasteiger partial charge in [0.25, 0.3) is 0 Å². The van der Waals surface area contributed by atoms with Gasteiger partial charge >= 0.3 is 0 Å². The van der Waals surface area contributed by atoms with Gasteiger partial charge < -0.3 is 15.5 Å². The Morgan fingerprint density at radius 1 is 1.46 bits per heavy atom. The molecule has 0 radical (unpaired) electrons. The highest BCUT2D eigenvalue weighted by Gasteiger charge is 2.25. The first-order valence-corrected chi connectivity index (χ1v) is 8.96. The van der Waals surface area contributed by atoms with Crippen LogP contribution < -0.4 is 0 Å². The summed E-state index contributed by atoms with van der Waals surface area (Å²) in [6, 6.07) is 0. The first kappa shape index (κ1) is 20.4. The Hall–Kier alpha value is -1.63. The van der Waals surface area contributed by atoms with Crippen LogP contribution >= 0.6 is 11.8 Å². The topological polar surface area (TPSA) is 62.9 Å². The van der Waals surface area contributed by atoms with E-state index in [2.05, 4.69) is 23.4 Å². The third-order valence-corrected chi connectivity index (χ3v) is 4.43. The van der Waals surface area contributed by atoms with Crippen LogP contribution in [0.1, 0.15) is 27.2 Å². The van der Waals surface area contributed by atoms with Crippen molar-refractivity contribution < 1.29 is 5.21 Å². The van der Waals surface area contributed by atoms with Crippen LogP contribution in [0.2, 0.25) is 0 Å². The summed E-state index contributed by atoms with van der Waals surface area (Å²) in [5, 5.41) is 20.9. The molecule has 2 N–H and O–H groups in total. The summed E-state index contributed by atoms with van der Waals surface area (Å²) in [7, 11) is 1.63. The van der Waals surface area contributed by atoms with Crippen molar-refractivity contribution in [1.82, 2.24) is 9.96 Å². The summed E-state index contributed by atoms with van der Waals surface area (Å²) in [6.45, 7) is 11.7. The summed E-state index contributed by atoms with van der Waals surface area (Å²) in [4.78, 5) is 7.64. The van der Waals surface area contributed by atoms with Crippen LogP contribution in [0.5, 0.6) is 0 Å². The standard InChI is InChI=1S/C18H28N4OS/c1-6-9-16(19)15-13-20-18(14(4)24-12-7-2)22(17(15)8-3)11-10-21(5)23/h6-7,9,12,19,23H,4,8,10-11,13H2,1-3,5H3/b9-6-,12-7-,19-16?. The van der Waals surface area contributed by atoms with Gasteiger partial charge in [0, 0.05) is 36.3 Å². The van der Waals surface area contributed by atoms with E-state index in [1.165, 1.54) is 11.8 Å². The normalized spacial score (nSPS) is 15.8. The van der Waals surface area contributed by atoms with E-state index in [1.54, 1.807) is 13.1 Å². The van der Waals surface area contributed by atoms with Crippen LogP contribution in [0, 0.1) is 5.41 Å². The molecule has 0 amide bonds. The van der Waals surface area contributed by atoms with Crippen molar-refractivity contribution in [2.45, 2.75) is 27.2 Å². The first-order valence-electron chi connectivity index (χ1n) is 8.08. The van der Waals surface area contributed by atoms with Gasteiger partial charge in [-0.15, -0.1) is 0 Å². The zero-order chi connectivity index (χ0) is 18.1. The van der Waals surface area contributed by atoms with Gasteiger partial charge in [-0.3, -0.25) is 4.99 Å². The second-order valence-electron chi connectivity index (χ2n) is 5.38. The lowest BCUT2D eigenvalue weighted by Gasteiger charge is -2.34. The van der Waals surface area contributed by atoms with E-state index in [0.717, 1.165) is 33.5 Å². The molecule has 0 aromatic heterocycles. The van der Waals surface area contributed by atoms with E-state index in [4.69, 9.17) is 5.41 Å². The smallest absolute Gasteiger partial charge is 0.141 e. The largest absolute Gasteiger partial charge is 0.328 e. The average molecular weight is 349 g/mol. The van der Waals surface area contributed by atoms with Crippen molar-refractivity contribution in [1.29, 1.82) is 5.41 Å². The third-order valence-electron chi connectivity index (χ3n) is 3.55.